The van der Waals surface area contributed by atoms with Crippen LogP contribution in [-0.4, -0.2) is 16.7 Å². The molecule has 1 aromatic heterocycles. The molecule has 0 spiro atoms. The van der Waals surface area contributed by atoms with Crippen molar-refractivity contribution in [2.45, 2.75) is 6.54 Å². The number of H-pyrrole nitrogens is 1. The first-order valence-electron chi connectivity index (χ1n) is 6.08. The van der Waals surface area contributed by atoms with Crippen molar-refractivity contribution in [3.05, 3.63) is 64.6 Å². The number of aromatic nitrogens is 2. The van der Waals surface area contributed by atoms with E-state index in [0.29, 0.717) is 6.54 Å². The average molecular weight is 254 g/mol. The molecule has 0 saturated carbocycles. The van der Waals surface area contributed by atoms with Gasteiger partial charge in [0.15, 0.2) is 0 Å². The molecule has 3 rings (SSSR count). The molecular weight excluding hydrogens is 240 g/mol. The molecule has 2 aromatic carbocycles. The molecule has 4 nitrogen and oxygen atoms in total. The number of para-hydroxylation sites is 2. The maximum Gasteiger partial charge on any atom is 0.326 e. The van der Waals surface area contributed by atoms with Gasteiger partial charge >= 0.3 is 5.69 Å². The summed E-state index contributed by atoms with van der Waals surface area (Å²) >= 11 is 0. The average Bonchev–Trinajstić information content (AvgIpc) is 2.76. The number of nitrogens with zero attached hydrogens (tertiary/aromatic N) is 1. The summed E-state index contributed by atoms with van der Waals surface area (Å²) in [6.07, 6.45) is 0. The van der Waals surface area contributed by atoms with Gasteiger partial charge < -0.3 is 9.72 Å². The lowest BCUT2D eigenvalue weighted by molar-refractivity contribution is 0.414. The van der Waals surface area contributed by atoms with Crippen molar-refractivity contribution >= 4 is 11.0 Å². The number of methoxy groups -OCH3 is 1. The van der Waals surface area contributed by atoms with Gasteiger partial charge in [-0.15, -0.1) is 0 Å². The highest BCUT2D eigenvalue weighted by molar-refractivity contribution is 5.75. The van der Waals surface area contributed by atoms with Crippen LogP contribution in [0.25, 0.3) is 11.0 Å². The topological polar surface area (TPSA) is 47.0 Å². The first kappa shape index (κ1) is 11.6. The molecule has 0 amide bonds. The highest BCUT2D eigenvalue weighted by Gasteiger charge is 2.06. The molecule has 0 saturated heterocycles. The van der Waals surface area contributed by atoms with E-state index in [1.54, 1.807) is 11.7 Å². The molecule has 3 aromatic rings. The predicted octanol–water partition coefficient (Wildman–Crippen LogP) is 2.39. The normalized spacial score (nSPS) is 10.8. The summed E-state index contributed by atoms with van der Waals surface area (Å²) in [6, 6.07) is 15.4. The maximum absolute atomic E-state index is 12.0. The third-order valence-electron chi connectivity index (χ3n) is 3.16. The van der Waals surface area contributed by atoms with Crippen LogP contribution in [0, 0.1) is 0 Å². The Bertz CT molecular complexity index is 771. The van der Waals surface area contributed by atoms with E-state index in [2.05, 4.69) is 4.98 Å². The second-order valence-corrected chi connectivity index (χ2v) is 4.38. The Morgan fingerprint density at radius 2 is 2.00 bits per heavy atom. The molecule has 1 heterocycles. The first-order valence-corrected chi connectivity index (χ1v) is 6.08. The Morgan fingerprint density at radius 1 is 1.16 bits per heavy atom. The van der Waals surface area contributed by atoms with Crippen LogP contribution >= 0.6 is 0 Å². The highest BCUT2D eigenvalue weighted by atomic mass is 16.5. The smallest absolute Gasteiger partial charge is 0.326 e. The SMILES string of the molecule is COc1cccc(Cn2c(=O)[nH]c3ccccc32)c1. The first-order chi connectivity index (χ1) is 9.28. The summed E-state index contributed by atoms with van der Waals surface area (Å²) in [4.78, 5) is 14.8. The van der Waals surface area contributed by atoms with Gasteiger partial charge in [0.2, 0.25) is 0 Å². The molecule has 0 fully saturated rings. The molecule has 0 unspecified atom stereocenters. The van der Waals surface area contributed by atoms with E-state index in [1.807, 2.05) is 48.5 Å². The Hall–Kier alpha value is -2.49. The molecular formula is C15H14N2O2. The standard InChI is InChI=1S/C15H14N2O2/c1-19-12-6-4-5-11(9-12)10-17-14-8-3-2-7-13(14)16-15(17)18/h2-9H,10H2,1H3,(H,16,18). The van der Waals surface area contributed by atoms with Gasteiger partial charge in [0.05, 0.1) is 24.7 Å². The van der Waals surface area contributed by atoms with E-state index in [-0.39, 0.29) is 5.69 Å². The van der Waals surface area contributed by atoms with Gasteiger partial charge in [0.25, 0.3) is 0 Å². The minimum Gasteiger partial charge on any atom is -0.497 e. The summed E-state index contributed by atoms with van der Waals surface area (Å²) in [5, 5.41) is 0. The Morgan fingerprint density at radius 3 is 2.84 bits per heavy atom. The lowest BCUT2D eigenvalue weighted by Crippen LogP contribution is -2.17. The third kappa shape index (κ3) is 2.12. The van der Waals surface area contributed by atoms with Crippen LogP contribution in [0.2, 0.25) is 0 Å². The number of nitrogens with one attached hydrogen (secondary N) is 1. The molecule has 0 aliphatic rings. The van der Waals surface area contributed by atoms with Crippen molar-refractivity contribution in [3.63, 3.8) is 0 Å². The lowest BCUT2D eigenvalue weighted by Gasteiger charge is -2.05. The molecule has 4 heteroatoms. The number of rotatable bonds is 3. The zero-order valence-electron chi connectivity index (χ0n) is 10.6. The van der Waals surface area contributed by atoms with E-state index >= 15 is 0 Å². The number of ether oxygens (including phenoxy) is 1. The van der Waals surface area contributed by atoms with Crippen LogP contribution in [-0.2, 0) is 6.54 Å². The van der Waals surface area contributed by atoms with Gasteiger partial charge in [0, 0.05) is 0 Å². The fraction of sp³-hybridized carbons (Fsp3) is 0.133. The van der Waals surface area contributed by atoms with E-state index in [0.717, 1.165) is 22.3 Å². The van der Waals surface area contributed by atoms with E-state index in [1.165, 1.54) is 0 Å². The molecule has 0 aliphatic heterocycles. The van der Waals surface area contributed by atoms with Crippen LogP contribution in [0.4, 0.5) is 0 Å². The Kier molecular flexibility index (Phi) is 2.83. The van der Waals surface area contributed by atoms with Gasteiger partial charge in [-0.2, -0.15) is 0 Å². The van der Waals surface area contributed by atoms with Gasteiger partial charge in [-0.3, -0.25) is 4.57 Å². The predicted molar refractivity (Wildman–Crippen MR) is 74.7 cm³/mol. The summed E-state index contributed by atoms with van der Waals surface area (Å²) in [6.45, 7) is 0.528. The molecule has 1 N–H and O–H groups in total. The van der Waals surface area contributed by atoms with E-state index in [9.17, 15) is 4.79 Å². The number of hydrogen-bond acceptors (Lipinski definition) is 2. The molecule has 0 aliphatic carbocycles. The van der Waals surface area contributed by atoms with Gasteiger partial charge in [0.1, 0.15) is 5.75 Å². The number of aromatic amines is 1. The zero-order chi connectivity index (χ0) is 13.2. The minimum absolute atomic E-state index is 0.0935. The van der Waals surface area contributed by atoms with Crippen molar-refractivity contribution in [3.8, 4) is 5.75 Å². The fourth-order valence-corrected chi connectivity index (χ4v) is 2.22. The van der Waals surface area contributed by atoms with Gasteiger partial charge in [-0.1, -0.05) is 24.3 Å². The van der Waals surface area contributed by atoms with Crippen molar-refractivity contribution in [1.29, 1.82) is 0 Å². The second kappa shape index (κ2) is 4.65. The molecule has 19 heavy (non-hydrogen) atoms. The third-order valence-corrected chi connectivity index (χ3v) is 3.16. The van der Waals surface area contributed by atoms with Crippen LogP contribution in [0.3, 0.4) is 0 Å². The van der Waals surface area contributed by atoms with Gasteiger partial charge in [-0.05, 0) is 29.8 Å². The molecule has 96 valence electrons. The number of benzene rings is 2. The summed E-state index contributed by atoms with van der Waals surface area (Å²) in [5.41, 5.74) is 2.71. The number of imidazole rings is 1. The molecule has 0 radical (unpaired) electrons. The quantitative estimate of drug-likeness (QED) is 0.780. The zero-order valence-corrected chi connectivity index (χ0v) is 10.6. The minimum atomic E-state index is -0.0935. The van der Waals surface area contributed by atoms with Crippen molar-refractivity contribution in [2.75, 3.05) is 7.11 Å². The van der Waals surface area contributed by atoms with Gasteiger partial charge in [-0.25, -0.2) is 4.79 Å². The van der Waals surface area contributed by atoms with Crippen molar-refractivity contribution in [1.82, 2.24) is 9.55 Å². The van der Waals surface area contributed by atoms with E-state index < -0.39 is 0 Å². The largest absolute Gasteiger partial charge is 0.497 e. The Labute approximate surface area is 110 Å². The van der Waals surface area contributed by atoms with Crippen molar-refractivity contribution < 1.29 is 4.74 Å². The van der Waals surface area contributed by atoms with E-state index in [4.69, 9.17) is 4.74 Å². The van der Waals surface area contributed by atoms with Crippen LogP contribution < -0.4 is 10.4 Å². The molecule has 0 atom stereocenters. The van der Waals surface area contributed by atoms with Crippen molar-refractivity contribution in [2.24, 2.45) is 0 Å². The Balaban J connectivity index is 2.05. The molecule has 0 bridgehead atoms. The summed E-state index contributed by atoms with van der Waals surface area (Å²) < 4.78 is 6.92. The summed E-state index contributed by atoms with van der Waals surface area (Å²) in [7, 11) is 1.64. The highest BCUT2D eigenvalue weighted by Crippen LogP contribution is 2.15. The second-order valence-electron chi connectivity index (χ2n) is 4.38. The maximum atomic E-state index is 12.0. The lowest BCUT2D eigenvalue weighted by atomic mass is 10.2. The van der Waals surface area contributed by atoms with Crippen LogP contribution in [0.5, 0.6) is 5.75 Å². The van der Waals surface area contributed by atoms with Crippen LogP contribution in [0.1, 0.15) is 5.56 Å². The van der Waals surface area contributed by atoms with Crippen LogP contribution in [0.15, 0.2) is 53.3 Å². The summed E-state index contributed by atoms with van der Waals surface area (Å²) in [5.74, 6) is 0.797. The number of fused-ring (bicyclic) bond motifs is 1. The number of hydrogen-bond donors (Lipinski definition) is 1. The fourth-order valence-electron chi connectivity index (χ4n) is 2.22. The monoisotopic (exact) mass is 254 g/mol.